The summed E-state index contributed by atoms with van der Waals surface area (Å²) >= 11 is 0. The quantitative estimate of drug-likeness (QED) is 0.673. The van der Waals surface area contributed by atoms with E-state index in [9.17, 15) is 4.79 Å². The van der Waals surface area contributed by atoms with Gasteiger partial charge >= 0.3 is 6.03 Å². The first-order chi connectivity index (χ1) is 14.3. The van der Waals surface area contributed by atoms with E-state index in [1.807, 2.05) is 48.4 Å². The second-order valence-electron chi connectivity index (χ2n) is 7.22. The van der Waals surface area contributed by atoms with Crippen molar-refractivity contribution in [1.29, 1.82) is 0 Å². The molecule has 29 heavy (non-hydrogen) atoms. The molecule has 3 aromatic rings. The number of aromatic nitrogens is 1. The number of anilines is 1. The minimum absolute atomic E-state index is 0.0163. The van der Waals surface area contributed by atoms with Crippen molar-refractivity contribution in [2.75, 3.05) is 44.2 Å². The van der Waals surface area contributed by atoms with Crippen LogP contribution in [0, 0.1) is 0 Å². The van der Waals surface area contributed by atoms with Crippen LogP contribution in [0.4, 0.5) is 10.5 Å². The van der Waals surface area contributed by atoms with Crippen molar-refractivity contribution in [2.45, 2.75) is 13.3 Å². The molecule has 0 atom stereocenters. The van der Waals surface area contributed by atoms with E-state index in [4.69, 9.17) is 4.74 Å². The van der Waals surface area contributed by atoms with E-state index in [2.05, 4.69) is 33.4 Å². The number of hydrogen-bond donors (Lipinski definition) is 2. The van der Waals surface area contributed by atoms with Gasteiger partial charge in [-0.15, -0.1) is 0 Å². The first-order valence-corrected chi connectivity index (χ1v) is 10.3. The average Bonchev–Trinajstić information content (AvgIpc) is 3.18. The van der Waals surface area contributed by atoms with Gasteiger partial charge in [0.1, 0.15) is 5.75 Å². The van der Waals surface area contributed by atoms with E-state index in [1.54, 1.807) is 0 Å². The summed E-state index contributed by atoms with van der Waals surface area (Å²) in [5.74, 6) is 0.909. The fourth-order valence-corrected chi connectivity index (χ4v) is 3.90. The first kappa shape index (κ1) is 19.2. The van der Waals surface area contributed by atoms with Crippen molar-refractivity contribution in [3.8, 4) is 5.75 Å². The molecular weight excluding hydrogens is 364 g/mol. The van der Waals surface area contributed by atoms with Crippen LogP contribution in [0.1, 0.15) is 12.5 Å². The van der Waals surface area contributed by atoms with Gasteiger partial charge in [-0.1, -0.05) is 30.3 Å². The molecule has 1 aliphatic rings. The van der Waals surface area contributed by atoms with Crippen molar-refractivity contribution in [3.63, 3.8) is 0 Å². The lowest BCUT2D eigenvalue weighted by Crippen LogP contribution is -2.52. The van der Waals surface area contributed by atoms with Gasteiger partial charge in [0.05, 0.1) is 12.3 Å². The zero-order valence-electron chi connectivity index (χ0n) is 16.9. The minimum atomic E-state index is 0.0163. The maximum absolute atomic E-state index is 12.6. The highest BCUT2D eigenvalue weighted by Crippen LogP contribution is 2.28. The smallest absolute Gasteiger partial charge is 0.317 e. The molecule has 2 aromatic carbocycles. The van der Waals surface area contributed by atoms with Gasteiger partial charge in [-0.25, -0.2) is 4.79 Å². The number of carbonyl (C=O) groups excluding carboxylic acids is 1. The number of piperazine rings is 1. The van der Waals surface area contributed by atoms with Crippen molar-refractivity contribution in [2.24, 2.45) is 0 Å². The lowest BCUT2D eigenvalue weighted by molar-refractivity contribution is 0.194. The number of urea groups is 1. The number of ether oxygens (including phenoxy) is 1. The maximum atomic E-state index is 12.6. The van der Waals surface area contributed by atoms with Crippen LogP contribution >= 0.6 is 0 Å². The van der Waals surface area contributed by atoms with Crippen LogP contribution in [-0.4, -0.2) is 55.2 Å². The van der Waals surface area contributed by atoms with Gasteiger partial charge < -0.3 is 24.8 Å². The molecule has 0 saturated carbocycles. The van der Waals surface area contributed by atoms with Gasteiger partial charge in [0.2, 0.25) is 0 Å². The Hall–Kier alpha value is -3.15. The zero-order chi connectivity index (χ0) is 20.1. The Kier molecular flexibility index (Phi) is 5.89. The van der Waals surface area contributed by atoms with Gasteiger partial charge in [-0.2, -0.15) is 0 Å². The van der Waals surface area contributed by atoms with Crippen molar-refractivity contribution in [3.05, 3.63) is 60.3 Å². The number of fused-ring (bicyclic) bond motifs is 1. The van der Waals surface area contributed by atoms with Crippen LogP contribution in [0.3, 0.4) is 0 Å². The largest absolute Gasteiger partial charge is 0.492 e. The molecule has 1 aromatic heterocycles. The summed E-state index contributed by atoms with van der Waals surface area (Å²) in [5, 5.41) is 4.30. The number of H-pyrrole nitrogens is 1. The van der Waals surface area contributed by atoms with Gasteiger partial charge in [0.15, 0.2) is 0 Å². The number of nitrogens with zero attached hydrogens (tertiary/aromatic N) is 2. The molecule has 6 nitrogen and oxygen atoms in total. The lowest BCUT2D eigenvalue weighted by atomic mass is 10.1. The third kappa shape index (κ3) is 4.31. The molecule has 2 amide bonds. The Morgan fingerprint density at radius 1 is 1.07 bits per heavy atom. The monoisotopic (exact) mass is 392 g/mol. The third-order valence-corrected chi connectivity index (χ3v) is 5.42. The van der Waals surface area contributed by atoms with Crippen LogP contribution in [-0.2, 0) is 6.42 Å². The second-order valence-corrected chi connectivity index (χ2v) is 7.22. The molecular formula is C23H28N4O2. The topological polar surface area (TPSA) is 60.6 Å². The molecule has 2 N–H and O–H groups in total. The van der Waals surface area contributed by atoms with Crippen molar-refractivity contribution in [1.82, 2.24) is 15.2 Å². The van der Waals surface area contributed by atoms with E-state index in [-0.39, 0.29) is 6.03 Å². The van der Waals surface area contributed by atoms with Crippen LogP contribution in [0.5, 0.6) is 5.75 Å². The van der Waals surface area contributed by atoms with Gasteiger partial charge in [0.25, 0.3) is 0 Å². The molecule has 1 fully saturated rings. The number of nitrogens with one attached hydrogen (secondary N) is 2. The summed E-state index contributed by atoms with van der Waals surface area (Å²) < 4.78 is 5.75. The Labute approximate surface area is 171 Å². The minimum Gasteiger partial charge on any atom is -0.492 e. The normalized spacial score (nSPS) is 14.2. The van der Waals surface area contributed by atoms with Crippen LogP contribution < -0.4 is 15.0 Å². The Morgan fingerprint density at radius 2 is 1.83 bits per heavy atom. The van der Waals surface area contributed by atoms with E-state index >= 15 is 0 Å². The Balaban J connectivity index is 1.27. The fraction of sp³-hybridized carbons (Fsp3) is 0.348. The standard InChI is InChI=1S/C23H28N4O2/c1-2-29-22-10-6-5-9-21(22)26-13-15-27(16-14-26)23(28)24-12-11-18-17-25-20-8-4-3-7-19(18)20/h3-10,17,25H,2,11-16H2,1H3,(H,24,28). The summed E-state index contributed by atoms with van der Waals surface area (Å²) in [6.45, 7) is 6.30. The number of benzene rings is 2. The number of amides is 2. The molecule has 0 bridgehead atoms. The number of rotatable bonds is 6. The van der Waals surface area contributed by atoms with E-state index in [0.29, 0.717) is 26.2 Å². The highest BCUT2D eigenvalue weighted by Gasteiger charge is 2.22. The van der Waals surface area contributed by atoms with E-state index < -0.39 is 0 Å². The summed E-state index contributed by atoms with van der Waals surface area (Å²) in [4.78, 5) is 20.0. The molecule has 1 saturated heterocycles. The third-order valence-electron chi connectivity index (χ3n) is 5.42. The molecule has 0 spiro atoms. The van der Waals surface area contributed by atoms with Gasteiger partial charge in [0, 0.05) is 49.8 Å². The average molecular weight is 393 g/mol. The maximum Gasteiger partial charge on any atom is 0.317 e. The highest BCUT2D eigenvalue weighted by molar-refractivity contribution is 5.83. The number of para-hydroxylation sites is 3. The van der Waals surface area contributed by atoms with Crippen LogP contribution in [0.2, 0.25) is 0 Å². The Bertz CT molecular complexity index is 960. The molecule has 1 aliphatic heterocycles. The Morgan fingerprint density at radius 3 is 2.66 bits per heavy atom. The van der Waals surface area contributed by atoms with Crippen LogP contribution in [0.25, 0.3) is 10.9 Å². The van der Waals surface area contributed by atoms with E-state index in [0.717, 1.165) is 36.5 Å². The molecule has 0 radical (unpaired) electrons. The van der Waals surface area contributed by atoms with Gasteiger partial charge in [-0.3, -0.25) is 0 Å². The predicted octanol–water partition coefficient (Wildman–Crippen LogP) is 3.64. The highest BCUT2D eigenvalue weighted by atomic mass is 16.5. The summed E-state index contributed by atoms with van der Waals surface area (Å²) in [6, 6.07) is 16.4. The molecule has 0 unspecified atom stereocenters. The van der Waals surface area contributed by atoms with E-state index in [1.165, 1.54) is 10.9 Å². The summed E-state index contributed by atoms with van der Waals surface area (Å²) in [6.07, 6.45) is 2.85. The lowest BCUT2D eigenvalue weighted by Gasteiger charge is -2.36. The van der Waals surface area contributed by atoms with Crippen molar-refractivity contribution >= 4 is 22.6 Å². The fourth-order valence-electron chi connectivity index (χ4n) is 3.90. The number of carbonyl (C=O) groups is 1. The number of hydrogen-bond acceptors (Lipinski definition) is 3. The molecule has 6 heteroatoms. The molecule has 152 valence electrons. The zero-order valence-corrected chi connectivity index (χ0v) is 16.9. The van der Waals surface area contributed by atoms with Gasteiger partial charge in [-0.05, 0) is 37.1 Å². The molecule has 0 aliphatic carbocycles. The molecule has 4 rings (SSSR count). The van der Waals surface area contributed by atoms with Crippen molar-refractivity contribution < 1.29 is 9.53 Å². The predicted molar refractivity (Wildman–Crippen MR) is 117 cm³/mol. The first-order valence-electron chi connectivity index (χ1n) is 10.3. The van der Waals surface area contributed by atoms with Crippen LogP contribution in [0.15, 0.2) is 54.7 Å². The molecule has 2 heterocycles. The summed E-state index contributed by atoms with van der Waals surface area (Å²) in [5.41, 5.74) is 3.48. The second kappa shape index (κ2) is 8.90. The summed E-state index contributed by atoms with van der Waals surface area (Å²) in [7, 11) is 0. The number of aromatic amines is 1. The SMILES string of the molecule is CCOc1ccccc1N1CCN(C(=O)NCCc2c[nH]c3ccccc23)CC1.